The molecule has 2 aromatic heterocycles. The molecule has 14 heavy (non-hydrogen) atoms. The van der Waals surface area contributed by atoms with Crippen molar-refractivity contribution in [3.8, 4) is 10.6 Å². The summed E-state index contributed by atoms with van der Waals surface area (Å²) in [6.07, 6.45) is 0. The number of aryl methyl sites for hydroxylation is 1. The lowest BCUT2D eigenvalue weighted by molar-refractivity contribution is 0.750. The Labute approximate surface area is 87.2 Å². The smallest absolute Gasteiger partial charge is 0.0811 e. The van der Waals surface area contributed by atoms with Crippen molar-refractivity contribution in [1.29, 1.82) is 0 Å². The third kappa shape index (κ3) is 1.36. The first-order chi connectivity index (χ1) is 6.74. The van der Waals surface area contributed by atoms with E-state index in [4.69, 9.17) is 5.73 Å². The lowest BCUT2D eigenvalue weighted by atomic mass is 10.2. The largest absolute Gasteiger partial charge is 0.325 e. The molecule has 3 nitrogen and oxygen atoms in total. The van der Waals surface area contributed by atoms with Crippen molar-refractivity contribution in [2.45, 2.75) is 13.5 Å². The van der Waals surface area contributed by atoms with E-state index in [0.717, 1.165) is 5.69 Å². The molecule has 2 N–H and O–H groups in total. The number of hydrogen-bond donors (Lipinski definition) is 1. The molecular formula is C10H13N3S. The van der Waals surface area contributed by atoms with E-state index >= 15 is 0 Å². The van der Waals surface area contributed by atoms with Gasteiger partial charge in [0.05, 0.1) is 16.3 Å². The Kier molecular flexibility index (Phi) is 2.39. The molecule has 0 aliphatic heterocycles. The van der Waals surface area contributed by atoms with Crippen molar-refractivity contribution in [2.75, 3.05) is 0 Å². The van der Waals surface area contributed by atoms with E-state index in [1.165, 1.54) is 16.1 Å². The summed E-state index contributed by atoms with van der Waals surface area (Å²) in [5.74, 6) is 0. The lowest BCUT2D eigenvalue weighted by Crippen LogP contribution is -1.99. The average molecular weight is 207 g/mol. The summed E-state index contributed by atoms with van der Waals surface area (Å²) in [7, 11) is 1.96. The maximum atomic E-state index is 5.61. The molecule has 0 fully saturated rings. The third-order valence-electron chi connectivity index (χ3n) is 2.33. The van der Waals surface area contributed by atoms with Gasteiger partial charge in [-0.3, -0.25) is 4.68 Å². The highest BCUT2D eigenvalue weighted by Gasteiger charge is 2.12. The van der Waals surface area contributed by atoms with Crippen molar-refractivity contribution in [3.63, 3.8) is 0 Å². The van der Waals surface area contributed by atoms with E-state index in [1.807, 2.05) is 11.7 Å². The zero-order chi connectivity index (χ0) is 10.1. The van der Waals surface area contributed by atoms with Crippen LogP contribution in [-0.4, -0.2) is 9.78 Å². The zero-order valence-electron chi connectivity index (χ0n) is 8.32. The number of aromatic nitrogens is 2. The molecule has 0 saturated carbocycles. The second kappa shape index (κ2) is 3.55. The summed E-state index contributed by atoms with van der Waals surface area (Å²) < 4.78 is 1.91. The first-order valence-electron chi connectivity index (χ1n) is 4.50. The Morgan fingerprint density at radius 3 is 2.86 bits per heavy atom. The summed E-state index contributed by atoms with van der Waals surface area (Å²) in [4.78, 5) is 1.25. The van der Waals surface area contributed by atoms with Crippen molar-refractivity contribution in [1.82, 2.24) is 9.78 Å². The minimum Gasteiger partial charge on any atom is -0.325 e. The molecule has 0 saturated heterocycles. The predicted molar refractivity (Wildman–Crippen MR) is 59.1 cm³/mol. The molecule has 74 valence electrons. The second-order valence-corrected chi connectivity index (χ2v) is 4.17. The molecular weight excluding hydrogens is 194 g/mol. The van der Waals surface area contributed by atoms with Crippen molar-refractivity contribution in [3.05, 3.63) is 28.8 Å². The quantitative estimate of drug-likeness (QED) is 0.817. The van der Waals surface area contributed by atoms with E-state index in [-0.39, 0.29) is 0 Å². The van der Waals surface area contributed by atoms with Crippen LogP contribution in [0.25, 0.3) is 10.6 Å². The highest BCUT2D eigenvalue weighted by molar-refractivity contribution is 7.13. The van der Waals surface area contributed by atoms with Crippen LogP contribution in [0.15, 0.2) is 17.5 Å². The molecule has 2 aromatic rings. The molecule has 4 heteroatoms. The normalized spacial score (nSPS) is 10.8. The van der Waals surface area contributed by atoms with Gasteiger partial charge in [0.1, 0.15) is 0 Å². The van der Waals surface area contributed by atoms with E-state index < -0.39 is 0 Å². The van der Waals surface area contributed by atoms with Gasteiger partial charge in [-0.25, -0.2) is 0 Å². The predicted octanol–water partition coefficient (Wildman–Crippen LogP) is 1.92. The molecule has 0 amide bonds. The molecule has 2 heterocycles. The molecule has 0 atom stereocenters. The molecule has 0 bridgehead atoms. The van der Waals surface area contributed by atoms with Gasteiger partial charge >= 0.3 is 0 Å². The molecule has 0 aliphatic carbocycles. The highest BCUT2D eigenvalue weighted by Crippen LogP contribution is 2.28. The average Bonchev–Trinajstić information content (AvgIpc) is 2.74. The third-order valence-corrected chi connectivity index (χ3v) is 3.21. The van der Waals surface area contributed by atoms with Crippen LogP contribution in [0.2, 0.25) is 0 Å². The number of thiophene rings is 1. The summed E-state index contributed by atoms with van der Waals surface area (Å²) in [6.45, 7) is 2.58. The Bertz CT molecular complexity index is 428. The number of hydrogen-bond acceptors (Lipinski definition) is 3. The SMILES string of the molecule is Cc1c(CN)nn(C)c1-c1cccs1. The minimum atomic E-state index is 0.505. The lowest BCUT2D eigenvalue weighted by Gasteiger charge is -1.99. The van der Waals surface area contributed by atoms with Gasteiger partial charge in [0.25, 0.3) is 0 Å². The Balaban J connectivity index is 2.58. The summed E-state index contributed by atoms with van der Waals surface area (Å²) in [5.41, 5.74) is 8.97. The van der Waals surface area contributed by atoms with E-state index in [2.05, 4.69) is 29.5 Å². The van der Waals surface area contributed by atoms with Gasteiger partial charge < -0.3 is 5.73 Å². The van der Waals surface area contributed by atoms with Crippen LogP contribution >= 0.6 is 11.3 Å². The zero-order valence-corrected chi connectivity index (χ0v) is 9.14. The standard InChI is InChI=1S/C10H13N3S/c1-7-8(6-11)12-13(2)10(7)9-4-3-5-14-9/h3-5H,6,11H2,1-2H3. The fraction of sp³-hybridized carbons (Fsp3) is 0.300. The number of nitrogens with two attached hydrogens (primary N) is 1. The van der Waals surface area contributed by atoms with Crippen molar-refractivity contribution in [2.24, 2.45) is 12.8 Å². The minimum absolute atomic E-state index is 0.505. The first kappa shape index (κ1) is 9.43. The molecule has 0 spiro atoms. The van der Waals surface area contributed by atoms with Crippen LogP contribution in [0.1, 0.15) is 11.3 Å². The van der Waals surface area contributed by atoms with Crippen LogP contribution in [0.5, 0.6) is 0 Å². The summed E-state index contributed by atoms with van der Waals surface area (Å²) in [5, 5.41) is 6.46. The fourth-order valence-electron chi connectivity index (χ4n) is 1.64. The second-order valence-electron chi connectivity index (χ2n) is 3.23. The van der Waals surface area contributed by atoms with E-state index in [1.54, 1.807) is 11.3 Å². The number of rotatable bonds is 2. The van der Waals surface area contributed by atoms with E-state index in [9.17, 15) is 0 Å². The molecule has 0 aromatic carbocycles. The Morgan fingerprint density at radius 2 is 2.36 bits per heavy atom. The van der Waals surface area contributed by atoms with Crippen molar-refractivity contribution >= 4 is 11.3 Å². The van der Waals surface area contributed by atoms with Gasteiger partial charge in [0.15, 0.2) is 0 Å². The van der Waals surface area contributed by atoms with Gasteiger partial charge in [-0.05, 0) is 18.4 Å². The van der Waals surface area contributed by atoms with Crippen LogP contribution in [-0.2, 0) is 13.6 Å². The van der Waals surface area contributed by atoms with Gasteiger partial charge in [-0.2, -0.15) is 5.10 Å². The molecule has 0 unspecified atom stereocenters. The summed E-state index contributed by atoms with van der Waals surface area (Å²) in [6, 6.07) is 4.16. The molecule has 0 radical (unpaired) electrons. The van der Waals surface area contributed by atoms with Crippen molar-refractivity contribution < 1.29 is 0 Å². The topological polar surface area (TPSA) is 43.8 Å². The molecule has 0 aliphatic rings. The monoisotopic (exact) mass is 207 g/mol. The summed E-state index contributed by atoms with van der Waals surface area (Å²) >= 11 is 1.73. The molecule has 2 rings (SSSR count). The van der Waals surface area contributed by atoms with Crippen LogP contribution < -0.4 is 5.73 Å². The Morgan fingerprint density at radius 1 is 1.57 bits per heavy atom. The van der Waals surface area contributed by atoms with Gasteiger partial charge in [-0.1, -0.05) is 6.07 Å². The van der Waals surface area contributed by atoms with E-state index in [0.29, 0.717) is 6.54 Å². The van der Waals surface area contributed by atoms with Gasteiger partial charge in [0.2, 0.25) is 0 Å². The van der Waals surface area contributed by atoms with Crippen LogP contribution in [0.3, 0.4) is 0 Å². The number of nitrogens with zero attached hydrogens (tertiary/aromatic N) is 2. The maximum absolute atomic E-state index is 5.61. The van der Waals surface area contributed by atoms with Crippen LogP contribution in [0.4, 0.5) is 0 Å². The van der Waals surface area contributed by atoms with Gasteiger partial charge in [-0.15, -0.1) is 11.3 Å². The fourth-order valence-corrected chi connectivity index (χ4v) is 2.49. The Hall–Kier alpha value is -1.13. The maximum Gasteiger partial charge on any atom is 0.0811 e. The van der Waals surface area contributed by atoms with Crippen LogP contribution in [0, 0.1) is 6.92 Å². The van der Waals surface area contributed by atoms with Gasteiger partial charge in [0, 0.05) is 19.2 Å². The first-order valence-corrected chi connectivity index (χ1v) is 5.38. The highest BCUT2D eigenvalue weighted by atomic mass is 32.1.